The lowest BCUT2D eigenvalue weighted by Crippen LogP contribution is -1.94. The third-order valence-electron chi connectivity index (χ3n) is 2.56. The van der Waals surface area contributed by atoms with E-state index in [1.54, 1.807) is 0 Å². The molecule has 1 aromatic heterocycles. The second kappa shape index (κ2) is 5.90. The van der Waals surface area contributed by atoms with Crippen molar-refractivity contribution < 1.29 is 4.74 Å². The van der Waals surface area contributed by atoms with Crippen LogP contribution in [-0.2, 0) is 0 Å². The van der Waals surface area contributed by atoms with Crippen LogP contribution < -0.4 is 10.1 Å². The summed E-state index contributed by atoms with van der Waals surface area (Å²) in [5.74, 6) is 1.99. The summed E-state index contributed by atoms with van der Waals surface area (Å²) in [5.41, 5.74) is 0.783. The molecule has 6 heteroatoms. The van der Waals surface area contributed by atoms with Gasteiger partial charge in [0.2, 0.25) is 0 Å². The molecule has 100 valence electrons. The Bertz CT molecular complexity index is 702. The van der Waals surface area contributed by atoms with Crippen molar-refractivity contribution in [1.29, 1.82) is 0 Å². The summed E-state index contributed by atoms with van der Waals surface area (Å²) in [6.07, 6.45) is 0. The highest BCUT2D eigenvalue weighted by atomic mass is 35.5. The lowest BCUT2D eigenvalue weighted by molar-refractivity contribution is 0.485. The van der Waals surface area contributed by atoms with Gasteiger partial charge in [-0.25, -0.2) is 0 Å². The minimum atomic E-state index is 0.351. The molecule has 4 nitrogen and oxygen atoms in total. The average Bonchev–Trinajstić information content (AvgIpc) is 2.88. The Morgan fingerprint density at radius 1 is 0.950 bits per heavy atom. The van der Waals surface area contributed by atoms with Gasteiger partial charge in [-0.2, -0.15) is 8.75 Å². The molecule has 0 unspecified atom stereocenters. The molecule has 0 bridgehead atoms. The summed E-state index contributed by atoms with van der Waals surface area (Å²) >= 11 is 7.00. The van der Waals surface area contributed by atoms with Crippen LogP contribution in [0, 0.1) is 0 Å². The number of hydrogen-bond acceptors (Lipinski definition) is 5. The molecule has 2 aromatic carbocycles. The highest BCUT2D eigenvalue weighted by Gasteiger charge is 2.09. The van der Waals surface area contributed by atoms with Gasteiger partial charge in [0.1, 0.15) is 5.75 Å². The molecule has 20 heavy (non-hydrogen) atoms. The molecule has 0 spiro atoms. The number of nitrogens with zero attached hydrogens (tertiary/aromatic N) is 2. The fourth-order valence-corrected chi connectivity index (χ4v) is 2.30. The van der Waals surface area contributed by atoms with Gasteiger partial charge in [0.25, 0.3) is 0 Å². The largest absolute Gasteiger partial charge is 0.455 e. The van der Waals surface area contributed by atoms with E-state index in [0.717, 1.165) is 23.2 Å². The molecular formula is C14H10ClN3OS. The van der Waals surface area contributed by atoms with Crippen molar-refractivity contribution in [1.82, 2.24) is 8.75 Å². The van der Waals surface area contributed by atoms with E-state index in [-0.39, 0.29) is 0 Å². The zero-order chi connectivity index (χ0) is 13.8. The summed E-state index contributed by atoms with van der Waals surface area (Å²) in [6.45, 7) is 0. The van der Waals surface area contributed by atoms with Crippen LogP contribution in [0.25, 0.3) is 0 Å². The Morgan fingerprint density at radius 3 is 2.45 bits per heavy atom. The van der Waals surface area contributed by atoms with E-state index < -0.39 is 0 Å². The summed E-state index contributed by atoms with van der Waals surface area (Å²) < 4.78 is 13.9. The maximum atomic E-state index is 5.94. The fraction of sp³-hybridized carbons (Fsp3) is 0. The molecule has 0 aliphatic heterocycles. The molecule has 0 saturated carbocycles. The monoisotopic (exact) mass is 303 g/mol. The maximum absolute atomic E-state index is 5.94. The van der Waals surface area contributed by atoms with E-state index in [2.05, 4.69) is 14.1 Å². The number of benzene rings is 2. The Kier molecular flexibility index (Phi) is 3.80. The SMILES string of the molecule is Clc1nsnc1Nc1ccccc1Oc1ccccc1. The first-order valence-corrected chi connectivity index (χ1v) is 7.01. The van der Waals surface area contributed by atoms with Gasteiger partial charge in [0.05, 0.1) is 17.4 Å². The summed E-state index contributed by atoms with van der Waals surface area (Å²) in [7, 11) is 0. The maximum Gasteiger partial charge on any atom is 0.187 e. The van der Waals surface area contributed by atoms with Gasteiger partial charge >= 0.3 is 0 Å². The number of ether oxygens (including phenoxy) is 1. The molecule has 0 saturated heterocycles. The topological polar surface area (TPSA) is 47.0 Å². The number of para-hydroxylation sites is 3. The summed E-state index contributed by atoms with van der Waals surface area (Å²) in [6, 6.07) is 17.2. The number of hydrogen-bond donors (Lipinski definition) is 1. The van der Waals surface area contributed by atoms with E-state index in [4.69, 9.17) is 16.3 Å². The van der Waals surface area contributed by atoms with Crippen molar-refractivity contribution >= 4 is 34.8 Å². The van der Waals surface area contributed by atoms with Gasteiger partial charge in [0.15, 0.2) is 16.7 Å². The molecule has 0 fully saturated rings. The molecule has 1 N–H and O–H groups in total. The molecule has 0 aliphatic carbocycles. The Hall–Kier alpha value is -2.11. The smallest absolute Gasteiger partial charge is 0.187 e. The van der Waals surface area contributed by atoms with E-state index >= 15 is 0 Å². The number of anilines is 2. The van der Waals surface area contributed by atoms with Gasteiger partial charge in [-0.15, -0.1) is 0 Å². The predicted molar refractivity (Wildman–Crippen MR) is 81.2 cm³/mol. The average molecular weight is 304 g/mol. The zero-order valence-corrected chi connectivity index (χ0v) is 11.9. The first-order valence-electron chi connectivity index (χ1n) is 5.90. The van der Waals surface area contributed by atoms with E-state index in [0.29, 0.717) is 16.7 Å². The van der Waals surface area contributed by atoms with Crippen LogP contribution in [0.5, 0.6) is 11.5 Å². The van der Waals surface area contributed by atoms with Crippen molar-refractivity contribution in [3.63, 3.8) is 0 Å². The van der Waals surface area contributed by atoms with Crippen molar-refractivity contribution in [2.24, 2.45) is 0 Å². The highest BCUT2D eigenvalue weighted by molar-refractivity contribution is 6.99. The van der Waals surface area contributed by atoms with Gasteiger partial charge < -0.3 is 10.1 Å². The normalized spacial score (nSPS) is 10.2. The molecule has 0 aliphatic rings. The number of halogens is 1. The molecule has 1 heterocycles. The predicted octanol–water partition coefficient (Wildman–Crippen LogP) is 4.73. The van der Waals surface area contributed by atoms with Gasteiger partial charge in [-0.05, 0) is 24.3 Å². The fourth-order valence-electron chi connectivity index (χ4n) is 1.65. The first-order chi connectivity index (χ1) is 9.83. The van der Waals surface area contributed by atoms with E-state index in [1.807, 2.05) is 54.6 Å². The lowest BCUT2D eigenvalue weighted by atomic mass is 10.3. The minimum absolute atomic E-state index is 0.351. The molecule has 3 aromatic rings. The van der Waals surface area contributed by atoms with Crippen LogP contribution in [0.15, 0.2) is 54.6 Å². The Labute approximate surface area is 125 Å². The van der Waals surface area contributed by atoms with Crippen LogP contribution >= 0.6 is 23.3 Å². The zero-order valence-electron chi connectivity index (χ0n) is 10.3. The van der Waals surface area contributed by atoms with Crippen LogP contribution in [-0.4, -0.2) is 8.75 Å². The number of nitrogens with one attached hydrogen (secondary N) is 1. The third kappa shape index (κ3) is 2.89. The quantitative estimate of drug-likeness (QED) is 0.757. The van der Waals surface area contributed by atoms with Crippen LogP contribution in [0.4, 0.5) is 11.5 Å². The van der Waals surface area contributed by atoms with Crippen LogP contribution in [0.3, 0.4) is 0 Å². The Morgan fingerprint density at radius 2 is 1.70 bits per heavy atom. The van der Waals surface area contributed by atoms with Gasteiger partial charge in [-0.1, -0.05) is 41.9 Å². The van der Waals surface area contributed by atoms with E-state index in [1.165, 1.54) is 0 Å². The van der Waals surface area contributed by atoms with Crippen molar-refractivity contribution in [2.75, 3.05) is 5.32 Å². The molecule has 0 atom stereocenters. The molecule has 3 rings (SSSR count). The minimum Gasteiger partial charge on any atom is -0.455 e. The molecule has 0 radical (unpaired) electrons. The van der Waals surface area contributed by atoms with Crippen molar-refractivity contribution in [2.45, 2.75) is 0 Å². The first kappa shape index (κ1) is 12.9. The van der Waals surface area contributed by atoms with Crippen molar-refractivity contribution in [3.05, 3.63) is 59.8 Å². The van der Waals surface area contributed by atoms with Crippen LogP contribution in [0.1, 0.15) is 0 Å². The van der Waals surface area contributed by atoms with Gasteiger partial charge in [0, 0.05) is 0 Å². The van der Waals surface area contributed by atoms with E-state index in [9.17, 15) is 0 Å². The lowest BCUT2D eigenvalue weighted by Gasteiger charge is -2.11. The second-order valence-electron chi connectivity index (χ2n) is 3.94. The number of rotatable bonds is 4. The standard InChI is InChI=1S/C14H10ClN3OS/c15-13-14(18-20-17-13)16-11-8-4-5-9-12(11)19-10-6-2-1-3-7-10/h1-9H,(H,16,18). The molecule has 0 amide bonds. The van der Waals surface area contributed by atoms with Gasteiger partial charge in [-0.3, -0.25) is 0 Å². The molecular weight excluding hydrogens is 294 g/mol. The summed E-state index contributed by atoms with van der Waals surface area (Å²) in [4.78, 5) is 0. The van der Waals surface area contributed by atoms with Crippen LogP contribution in [0.2, 0.25) is 5.15 Å². The highest BCUT2D eigenvalue weighted by Crippen LogP contribution is 2.32. The third-order valence-corrected chi connectivity index (χ3v) is 3.45. The number of aromatic nitrogens is 2. The second-order valence-corrected chi connectivity index (χ2v) is 4.83. The van der Waals surface area contributed by atoms with Crippen molar-refractivity contribution in [3.8, 4) is 11.5 Å². The summed E-state index contributed by atoms with van der Waals surface area (Å²) in [5, 5.41) is 3.47. The Balaban J connectivity index is 1.87.